The Morgan fingerprint density at radius 1 is 1.23 bits per heavy atom. The lowest BCUT2D eigenvalue weighted by Crippen LogP contribution is -2.47. The SMILES string of the molecule is CC(=O)c1ccc(OCC2CN(C(=O)CCc3c(Cl)cccc3Cl)CCO2)cc1F. The Bertz CT molecular complexity index is 917. The van der Waals surface area contributed by atoms with Crippen molar-refractivity contribution in [1.29, 1.82) is 0 Å². The highest BCUT2D eigenvalue weighted by Crippen LogP contribution is 2.26. The van der Waals surface area contributed by atoms with Gasteiger partial charge in [0.2, 0.25) is 5.91 Å². The number of morpholine rings is 1. The lowest BCUT2D eigenvalue weighted by atomic mass is 10.1. The summed E-state index contributed by atoms with van der Waals surface area (Å²) >= 11 is 12.3. The molecule has 0 spiro atoms. The molecule has 1 aliphatic heterocycles. The first kappa shape index (κ1) is 22.5. The van der Waals surface area contributed by atoms with Gasteiger partial charge in [-0.15, -0.1) is 0 Å². The molecule has 1 heterocycles. The molecular formula is C22H22Cl2FNO4. The second-order valence-corrected chi connectivity index (χ2v) is 7.86. The van der Waals surface area contributed by atoms with Crippen molar-refractivity contribution in [3.05, 3.63) is 63.4 Å². The summed E-state index contributed by atoms with van der Waals surface area (Å²) in [6.07, 6.45) is 0.411. The van der Waals surface area contributed by atoms with E-state index in [1.165, 1.54) is 19.1 Å². The van der Waals surface area contributed by atoms with E-state index in [0.717, 1.165) is 5.56 Å². The van der Waals surface area contributed by atoms with Crippen LogP contribution in [0.4, 0.5) is 4.39 Å². The molecule has 2 aromatic rings. The number of amides is 1. The molecule has 1 fully saturated rings. The summed E-state index contributed by atoms with van der Waals surface area (Å²) < 4.78 is 25.2. The van der Waals surface area contributed by atoms with Crippen LogP contribution in [0.5, 0.6) is 5.75 Å². The number of benzene rings is 2. The summed E-state index contributed by atoms with van der Waals surface area (Å²) in [6, 6.07) is 9.38. The molecule has 0 bridgehead atoms. The predicted octanol–water partition coefficient (Wildman–Crippen LogP) is 4.57. The van der Waals surface area contributed by atoms with Gasteiger partial charge in [0.15, 0.2) is 5.78 Å². The minimum Gasteiger partial charge on any atom is -0.491 e. The Balaban J connectivity index is 1.52. The third-order valence-electron chi connectivity index (χ3n) is 4.90. The van der Waals surface area contributed by atoms with Crippen molar-refractivity contribution >= 4 is 34.9 Å². The lowest BCUT2D eigenvalue weighted by molar-refractivity contribution is -0.139. The fourth-order valence-corrected chi connectivity index (χ4v) is 3.85. The smallest absolute Gasteiger partial charge is 0.223 e. The first-order valence-corrected chi connectivity index (χ1v) is 10.4. The first-order chi connectivity index (χ1) is 14.3. The van der Waals surface area contributed by atoms with Crippen molar-refractivity contribution in [2.75, 3.05) is 26.3 Å². The number of rotatable bonds is 7. The summed E-state index contributed by atoms with van der Waals surface area (Å²) in [6.45, 7) is 2.74. The van der Waals surface area contributed by atoms with Crippen LogP contribution in [0.3, 0.4) is 0 Å². The van der Waals surface area contributed by atoms with Crippen LogP contribution in [0.1, 0.15) is 29.3 Å². The molecule has 5 nitrogen and oxygen atoms in total. The van der Waals surface area contributed by atoms with Crippen LogP contribution >= 0.6 is 23.2 Å². The molecule has 8 heteroatoms. The number of hydrogen-bond acceptors (Lipinski definition) is 4. The molecule has 1 aliphatic rings. The maximum absolute atomic E-state index is 13.9. The van der Waals surface area contributed by atoms with Crippen molar-refractivity contribution in [2.45, 2.75) is 25.9 Å². The summed E-state index contributed by atoms with van der Waals surface area (Å²) in [5.41, 5.74) is 0.782. The molecule has 1 atom stereocenters. The molecule has 0 aromatic heterocycles. The van der Waals surface area contributed by atoms with Gasteiger partial charge in [-0.3, -0.25) is 9.59 Å². The van der Waals surface area contributed by atoms with E-state index in [0.29, 0.717) is 41.9 Å². The van der Waals surface area contributed by atoms with Crippen LogP contribution in [0.2, 0.25) is 10.0 Å². The van der Waals surface area contributed by atoms with E-state index >= 15 is 0 Å². The summed E-state index contributed by atoms with van der Waals surface area (Å²) in [5.74, 6) is -0.685. The van der Waals surface area contributed by atoms with Crippen LogP contribution < -0.4 is 4.74 Å². The van der Waals surface area contributed by atoms with Crippen molar-refractivity contribution < 1.29 is 23.5 Å². The Kier molecular flexibility index (Phi) is 7.69. The van der Waals surface area contributed by atoms with Crippen molar-refractivity contribution in [3.8, 4) is 5.75 Å². The van der Waals surface area contributed by atoms with Crippen molar-refractivity contribution in [3.63, 3.8) is 0 Å². The van der Waals surface area contributed by atoms with Gasteiger partial charge in [-0.25, -0.2) is 4.39 Å². The lowest BCUT2D eigenvalue weighted by Gasteiger charge is -2.33. The molecular weight excluding hydrogens is 432 g/mol. The Morgan fingerprint density at radius 2 is 1.97 bits per heavy atom. The topological polar surface area (TPSA) is 55.8 Å². The number of ether oxygens (including phenoxy) is 2. The number of hydrogen-bond donors (Lipinski definition) is 0. The van der Waals surface area contributed by atoms with Gasteiger partial charge in [-0.1, -0.05) is 29.3 Å². The number of ketones is 1. The number of Topliss-reactive ketones (excluding diaryl/α,β-unsaturated/α-hetero) is 1. The molecule has 1 unspecified atom stereocenters. The largest absolute Gasteiger partial charge is 0.491 e. The highest BCUT2D eigenvalue weighted by Gasteiger charge is 2.25. The van der Waals surface area contributed by atoms with Gasteiger partial charge in [0.25, 0.3) is 0 Å². The third kappa shape index (κ3) is 5.72. The van der Waals surface area contributed by atoms with E-state index in [1.54, 1.807) is 29.2 Å². The molecule has 0 saturated carbocycles. The van der Waals surface area contributed by atoms with Crippen molar-refractivity contribution in [1.82, 2.24) is 4.90 Å². The number of halogens is 3. The van der Waals surface area contributed by atoms with E-state index in [2.05, 4.69) is 0 Å². The first-order valence-electron chi connectivity index (χ1n) is 9.60. The average Bonchev–Trinajstić information content (AvgIpc) is 2.71. The van der Waals surface area contributed by atoms with Gasteiger partial charge in [0, 0.05) is 29.1 Å². The van der Waals surface area contributed by atoms with E-state index in [-0.39, 0.29) is 36.4 Å². The Hall–Kier alpha value is -2.15. The summed E-state index contributed by atoms with van der Waals surface area (Å²) in [4.78, 5) is 25.7. The van der Waals surface area contributed by atoms with Crippen molar-refractivity contribution in [2.24, 2.45) is 0 Å². The molecule has 3 rings (SSSR count). The molecule has 0 radical (unpaired) electrons. The fourth-order valence-electron chi connectivity index (χ4n) is 3.27. The second kappa shape index (κ2) is 10.2. The molecule has 1 saturated heterocycles. The van der Waals surface area contributed by atoms with Gasteiger partial charge in [0.1, 0.15) is 24.3 Å². The van der Waals surface area contributed by atoms with Crippen LogP contribution in [0.15, 0.2) is 36.4 Å². The summed E-state index contributed by atoms with van der Waals surface area (Å²) in [7, 11) is 0. The second-order valence-electron chi connectivity index (χ2n) is 7.04. The Labute approximate surface area is 184 Å². The van der Waals surface area contributed by atoms with Gasteiger partial charge >= 0.3 is 0 Å². The zero-order chi connectivity index (χ0) is 21.7. The molecule has 0 aliphatic carbocycles. The predicted molar refractivity (Wildman–Crippen MR) is 113 cm³/mol. The number of nitrogens with zero attached hydrogens (tertiary/aromatic N) is 1. The molecule has 160 valence electrons. The minimum atomic E-state index is -0.625. The standard InChI is InChI=1S/C22H22Cl2FNO4/c1-14(27)17-6-5-15(11-21(17)25)30-13-16-12-26(9-10-29-16)22(28)8-7-18-19(23)3-2-4-20(18)24/h2-6,11,16H,7-10,12-13H2,1H3. The average molecular weight is 454 g/mol. The quantitative estimate of drug-likeness (QED) is 0.575. The molecule has 1 amide bonds. The minimum absolute atomic E-state index is 0.0175. The number of carbonyl (C=O) groups is 2. The molecule has 0 N–H and O–H groups in total. The maximum atomic E-state index is 13.9. The fraction of sp³-hybridized carbons (Fsp3) is 0.364. The van der Waals surface area contributed by atoms with Crippen LogP contribution in [0, 0.1) is 5.82 Å². The zero-order valence-electron chi connectivity index (χ0n) is 16.5. The van der Waals surface area contributed by atoms with E-state index in [9.17, 15) is 14.0 Å². The Morgan fingerprint density at radius 3 is 2.63 bits per heavy atom. The summed E-state index contributed by atoms with van der Waals surface area (Å²) in [5, 5.41) is 1.10. The van der Waals surface area contributed by atoms with E-state index in [4.69, 9.17) is 32.7 Å². The van der Waals surface area contributed by atoms with Crippen LogP contribution in [0.25, 0.3) is 0 Å². The highest BCUT2D eigenvalue weighted by molar-refractivity contribution is 6.36. The monoisotopic (exact) mass is 453 g/mol. The molecule has 2 aromatic carbocycles. The van der Waals surface area contributed by atoms with Crippen LogP contribution in [-0.2, 0) is 16.0 Å². The maximum Gasteiger partial charge on any atom is 0.223 e. The normalized spacial score (nSPS) is 16.4. The van der Waals surface area contributed by atoms with Gasteiger partial charge in [-0.2, -0.15) is 0 Å². The van der Waals surface area contributed by atoms with Crippen LogP contribution in [-0.4, -0.2) is 49.0 Å². The molecule has 30 heavy (non-hydrogen) atoms. The van der Waals surface area contributed by atoms with Gasteiger partial charge < -0.3 is 14.4 Å². The number of carbonyl (C=O) groups excluding carboxylic acids is 2. The van der Waals surface area contributed by atoms with E-state index in [1.807, 2.05) is 0 Å². The van der Waals surface area contributed by atoms with Gasteiger partial charge in [-0.05, 0) is 43.2 Å². The third-order valence-corrected chi connectivity index (χ3v) is 5.61. The van der Waals surface area contributed by atoms with Gasteiger partial charge in [0.05, 0.1) is 18.7 Å². The van der Waals surface area contributed by atoms with E-state index < -0.39 is 5.82 Å². The highest BCUT2D eigenvalue weighted by atomic mass is 35.5. The zero-order valence-corrected chi connectivity index (χ0v) is 18.0.